The summed E-state index contributed by atoms with van der Waals surface area (Å²) in [6.07, 6.45) is -5.68. The van der Waals surface area contributed by atoms with Crippen LogP contribution in [0.25, 0.3) is 0 Å². The summed E-state index contributed by atoms with van der Waals surface area (Å²) in [5.74, 6) is -1.03. The van der Waals surface area contributed by atoms with Crippen LogP contribution in [0.15, 0.2) is 42.5 Å². The van der Waals surface area contributed by atoms with E-state index in [-0.39, 0.29) is 17.0 Å². The molecule has 0 radical (unpaired) electrons. The number of aromatic carboxylic acids is 1. The van der Waals surface area contributed by atoms with E-state index in [1.165, 1.54) is 19.2 Å². The molecule has 1 N–H and O–H groups in total. The second-order valence-corrected chi connectivity index (χ2v) is 6.92. The number of carbonyl (C=O) groups excluding carboxylic acids is 1. The van der Waals surface area contributed by atoms with E-state index in [2.05, 4.69) is 0 Å². The number of hydrogen-bond donors (Lipinski definition) is 1. The summed E-state index contributed by atoms with van der Waals surface area (Å²) in [6, 6.07) is 10.6. The number of piperazine rings is 1. The largest absolute Gasteiger partial charge is 0.496 e. The highest BCUT2D eigenvalue weighted by molar-refractivity contribution is 5.97. The van der Waals surface area contributed by atoms with Crippen molar-refractivity contribution in [1.82, 2.24) is 4.90 Å². The van der Waals surface area contributed by atoms with Crippen molar-refractivity contribution in [3.8, 4) is 5.75 Å². The monoisotopic (exact) mass is 422 g/mol. The Morgan fingerprint density at radius 1 is 1.07 bits per heavy atom. The van der Waals surface area contributed by atoms with E-state index >= 15 is 0 Å². The number of benzene rings is 2. The fourth-order valence-corrected chi connectivity index (χ4v) is 3.53. The van der Waals surface area contributed by atoms with Gasteiger partial charge in [0.1, 0.15) is 5.75 Å². The highest BCUT2D eigenvalue weighted by Crippen LogP contribution is 2.30. The van der Waals surface area contributed by atoms with Crippen LogP contribution in [0.5, 0.6) is 5.75 Å². The molecule has 0 aliphatic carbocycles. The first-order valence-corrected chi connectivity index (χ1v) is 9.30. The maximum Gasteiger partial charge on any atom is 0.393 e. The topological polar surface area (TPSA) is 70.1 Å². The van der Waals surface area contributed by atoms with Gasteiger partial charge in [-0.25, -0.2) is 4.79 Å². The summed E-state index contributed by atoms with van der Waals surface area (Å²) in [4.78, 5) is 27.3. The van der Waals surface area contributed by atoms with Crippen molar-refractivity contribution in [2.45, 2.75) is 12.6 Å². The summed E-state index contributed by atoms with van der Waals surface area (Å²) in [5, 5.41) is 9.11. The number of rotatable bonds is 5. The lowest BCUT2D eigenvalue weighted by Gasteiger charge is -2.37. The zero-order valence-electron chi connectivity index (χ0n) is 16.3. The smallest absolute Gasteiger partial charge is 0.393 e. The Labute approximate surface area is 171 Å². The number of alkyl halides is 3. The third-order valence-corrected chi connectivity index (χ3v) is 4.96. The first-order chi connectivity index (χ1) is 14.2. The minimum absolute atomic E-state index is 0.0908. The van der Waals surface area contributed by atoms with Crippen molar-refractivity contribution in [2.75, 3.05) is 38.2 Å². The molecule has 1 aliphatic heterocycles. The summed E-state index contributed by atoms with van der Waals surface area (Å²) in [5.41, 5.74) is 0.480. The van der Waals surface area contributed by atoms with Gasteiger partial charge in [-0.3, -0.25) is 4.79 Å². The van der Waals surface area contributed by atoms with Crippen LogP contribution in [0, 0.1) is 0 Å². The molecule has 160 valence electrons. The Balaban J connectivity index is 1.77. The minimum Gasteiger partial charge on any atom is -0.496 e. The van der Waals surface area contributed by atoms with Crippen LogP contribution in [-0.4, -0.2) is 61.3 Å². The molecule has 0 atom stereocenters. The SMILES string of the molecule is COc1ccccc1C(=O)N1CCN(c2ccc(C(=O)O)cc2CC(F)(F)F)CC1. The minimum atomic E-state index is -4.46. The number of carboxylic acids is 1. The van der Waals surface area contributed by atoms with E-state index in [4.69, 9.17) is 9.84 Å². The lowest BCUT2D eigenvalue weighted by molar-refractivity contribution is -0.127. The molecule has 9 heteroatoms. The maximum absolute atomic E-state index is 13.0. The van der Waals surface area contributed by atoms with Crippen LogP contribution < -0.4 is 9.64 Å². The van der Waals surface area contributed by atoms with E-state index in [1.807, 2.05) is 0 Å². The van der Waals surface area contributed by atoms with Crippen LogP contribution >= 0.6 is 0 Å². The Bertz CT molecular complexity index is 938. The highest BCUT2D eigenvalue weighted by atomic mass is 19.4. The lowest BCUT2D eigenvalue weighted by Crippen LogP contribution is -2.49. The molecule has 0 unspecified atom stereocenters. The molecule has 0 spiro atoms. The van der Waals surface area contributed by atoms with Crippen LogP contribution in [0.3, 0.4) is 0 Å². The van der Waals surface area contributed by atoms with Gasteiger partial charge in [0.2, 0.25) is 0 Å². The van der Waals surface area contributed by atoms with Crippen molar-refractivity contribution in [2.24, 2.45) is 0 Å². The summed E-state index contributed by atoms with van der Waals surface area (Å²) < 4.78 is 44.3. The fourth-order valence-electron chi connectivity index (χ4n) is 3.53. The normalized spacial score (nSPS) is 14.5. The maximum atomic E-state index is 13.0. The molecular weight excluding hydrogens is 401 g/mol. The van der Waals surface area contributed by atoms with Crippen LogP contribution in [0.4, 0.5) is 18.9 Å². The second kappa shape index (κ2) is 8.64. The van der Waals surface area contributed by atoms with E-state index in [0.717, 1.165) is 6.07 Å². The standard InChI is InChI=1S/C21H21F3N2O4/c1-30-18-5-3-2-4-16(18)19(27)26-10-8-25(9-11-26)17-7-6-14(20(28)29)12-15(17)13-21(22,23)24/h2-7,12H,8-11,13H2,1H3,(H,28,29). The van der Waals surface area contributed by atoms with E-state index in [1.54, 1.807) is 34.1 Å². The molecule has 1 heterocycles. The molecule has 3 rings (SSSR count). The Kier molecular flexibility index (Phi) is 6.19. The van der Waals surface area contributed by atoms with Crippen molar-refractivity contribution in [3.63, 3.8) is 0 Å². The molecule has 1 aliphatic rings. The van der Waals surface area contributed by atoms with E-state index in [9.17, 15) is 22.8 Å². The van der Waals surface area contributed by atoms with Crippen molar-refractivity contribution in [1.29, 1.82) is 0 Å². The van der Waals surface area contributed by atoms with Crippen molar-refractivity contribution in [3.05, 3.63) is 59.2 Å². The highest BCUT2D eigenvalue weighted by Gasteiger charge is 2.31. The number of methoxy groups -OCH3 is 1. The molecule has 0 bridgehead atoms. The van der Waals surface area contributed by atoms with Crippen LogP contribution in [0.2, 0.25) is 0 Å². The van der Waals surface area contributed by atoms with Gasteiger partial charge >= 0.3 is 12.1 Å². The van der Waals surface area contributed by atoms with Gasteiger partial charge in [-0.15, -0.1) is 0 Å². The first-order valence-electron chi connectivity index (χ1n) is 9.30. The van der Waals surface area contributed by atoms with Gasteiger partial charge in [0.25, 0.3) is 5.91 Å². The molecular formula is C21H21F3N2O4. The van der Waals surface area contributed by atoms with Crippen LogP contribution in [-0.2, 0) is 6.42 Å². The van der Waals surface area contributed by atoms with E-state index in [0.29, 0.717) is 43.2 Å². The van der Waals surface area contributed by atoms with Gasteiger partial charge in [0.15, 0.2) is 0 Å². The third kappa shape index (κ3) is 4.84. The van der Waals surface area contributed by atoms with E-state index < -0.39 is 18.6 Å². The zero-order valence-corrected chi connectivity index (χ0v) is 16.3. The molecule has 0 aromatic heterocycles. The predicted molar refractivity (Wildman–Crippen MR) is 104 cm³/mol. The average Bonchev–Trinajstić information content (AvgIpc) is 2.72. The molecule has 6 nitrogen and oxygen atoms in total. The van der Waals surface area contributed by atoms with Gasteiger partial charge in [-0.05, 0) is 35.9 Å². The van der Waals surface area contributed by atoms with Gasteiger partial charge < -0.3 is 19.6 Å². The fraction of sp³-hybridized carbons (Fsp3) is 0.333. The number of ether oxygens (including phenoxy) is 1. The Morgan fingerprint density at radius 2 is 1.73 bits per heavy atom. The Hall–Kier alpha value is -3.23. The number of nitrogens with zero attached hydrogens (tertiary/aromatic N) is 2. The number of halogens is 3. The van der Waals surface area contributed by atoms with Gasteiger partial charge in [-0.1, -0.05) is 12.1 Å². The molecule has 2 aromatic carbocycles. The molecule has 1 amide bonds. The quantitative estimate of drug-likeness (QED) is 0.799. The molecule has 2 aromatic rings. The summed E-state index contributed by atoms with van der Waals surface area (Å²) >= 11 is 0. The third-order valence-electron chi connectivity index (χ3n) is 4.96. The number of anilines is 1. The zero-order chi connectivity index (χ0) is 21.9. The van der Waals surface area contributed by atoms with Crippen LogP contribution in [0.1, 0.15) is 26.3 Å². The molecule has 1 saturated heterocycles. The summed E-state index contributed by atoms with van der Waals surface area (Å²) in [6.45, 7) is 1.31. The van der Waals surface area contributed by atoms with Crippen molar-refractivity contribution >= 4 is 17.6 Å². The first kappa shape index (κ1) is 21.5. The number of carbonyl (C=O) groups is 2. The van der Waals surface area contributed by atoms with Gasteiger partial charge in [0.05, 0.1) is 24.7 Å². The lowest BCUT2D eigenvalue weighted by atomic mass is 10.0. The molecule has 30 heavy (non-hydrogen) atoms. The van der Waals surface area contributed by atoms with Gasteiger partial charge in [0, 0.05) is 31.9 Å². The number of hydrogen-bond acceptors (Lipinski definition) is 4. The number of amides is 1. The number of carboxylic acid groups (broad SMARTS) is 1. The van der Waals surface area contributed by atoms with Crippen molar-refractivity contribution < 1.29 is 32.6 Å². The molecule has 1 fully saturated rings. The number of para-hydroxylation sites is 1. The Morgan fingerprint density at radius 3 is 2.33 bits per heavy atom. The molecule has 0 saturated carbocycles. The predicted octanol–water partition coefficient (Wildman–Crippen LogP) is 3.46. The average molecular weight is 422 g/mol. The second-order valence-electron chi connectivity index (χ2n) is 6.92. The summed E-state index contributed by atoms with van der Waals surface area (Å²) in [7, 11) is 1.48. The van der Waals surface area contributed by atoms with Gasteiger partial charge in [-0.2, -0.15) is 13.2 Å².